The fourth-order valence-corrected chi connectivity index (χ4v) is 3.05. The van der Waals surface area contributed by atoms with Gasteiger partial charge in [0, 0.05) is 36.5 Å². The zero-order valence-corrected chi connectivity index (χ0v) is 15.3. The lowest BCUT2D eigenvalue weighted by Gasteiger charge is -2.11. The number of carbonyl (C=O) groups excluding carboxylic acids is 1. The Morgan fingerprint density at radius 2 is 2.15 bits per heavy atom. The van der Waals surface area contributed by atoms with E-state index in [0.29, 0.717) is 18.8 Å². The maximum Gasteiger partial charge on any atom is 0.253 e. The van der Waals surface area contributed by atoms with E-state index >= 15 is 0 Å². The van der Waals surface area contributed by atoms with Crippen LogP contribution in [-0.4, -0.2) is 45.1 Å². The number of ether oxygens (including phenoxy) is 1. The first-order chi connectivity index (χ1) is 13.1. The lowest BCUT2D eigenvalue weighted by Crippen LogP contribution is -2.35. The Hall–Kier alpha value is -3.06. The largest absolute Gasteiger partial charge is 0.379 e. The average molecular weight is 363 g/mol. The van der Waals surface area contributed by atoms with E-state index in [4.69, 9.17) is 4.74 Å². The van der Waals surface area contributed by atoms with Crippen molar-refractivity contribution in [3.63, 3.8) is 0 Å². The summed E-state index contributed by atoms with van der Waals surface area (Å²) in [6, 6.07) is 5.76. The number of aryl methyl sites for hydroxylation is 2. The molecule has 2 N–H and O–H groups in total. The number of amides is 1. The van der Waals surface area contributed by atoms with Gasteiger partial charge in [0.15, 0.2) is 5.82 Å². The highest BCUT2D eigenvalue weighted by molar-refractivity contribution is 5.95. The van der Waals surface area contributed by atoms with Crippen molar-refractivity contribution in [3.8, 4) is 22.6 Å². The number of hydrogen-bond acceptors (Lipinski definition) is 5. The Balaban J connectivity index is 1.60. The van der Waals surface area contributed by atoms with E-state index in [1.807, 2.05) is 32.0 Å². The van der Waals surface area contributed by atoms with Crippen LogP contribution in [-0.2, 0) is 4.74 Å². The lowest BCUT2D eigenvalue weighted by molar-refractivity contribution is 0.0929. The molecule has 0 aromatic carbocycles. The van der Waals surface area contributed by atoms with Crippen LogP contribution in [0.1, 0.15) is 28.2 Å². The molecule has 3 aromatic rings. The number of rotatable bonds is 4. The molecule has 27 heavy (non-hydrogen) atoms. The Morgan fingerprint density at radius 1 is 1.26 bits per heavy atom. The first kappa shape index (κ1) is 17.4. The maximum absolute atomic E-state index is 12.5. The molecule has 3 aromatic heterocycles. The van der Waals surface area contributed by atoms with Gasteiger partial charge in [0.25, 0.3) is 5.91 Å². The van der Waals surface area contributed by atoms with Gasteiger partial charge < -0.3 is 15.0 Å². The summed E-state index contributed by atoms with van der Waals surface area (Å²) < 4.78 is 5.31. The Labute approximate surface area is 157 Å². The third-order valence-electron chi connectivity index (χ3n) is 4.73. The van der Waals surface area contributed by atoms with Crippen molar-refractivity contribution in [1.29, 1.82) is 0 Å². The molecular weight excluding hydrogens is 342 g/mol. The number of H-pyrrole nitrogens is 1. The van der Waals surface area contributed by atoms with Gasteiger partial charge in [0.05, 0.1) is 23.9 Å². The monoisotopic (exact) mass is 363 g/mol. The molecule has 4 heterocycles. The van der Waals surface area contributed by atoms with E-state index in [1.165, 1.54) is 0 Å². The first-order valence-corrected chi connectivity index (χ1v) is 8.94. The summed E-state index contributed by atoms with van der Waals surface area (Å²) in [5.74, 6) is 0.598. The number of pyridine rings is 2. The summed E-state index contributed by atoms with van der Waals surface area (Å²) in [5.41, 5.74) is 5.04. The van der Waals surface area contributed by atoms with E-state index in [0.717, 1.165) is 40.5 Å². The normalized spacial score (nSPS) is 16.4. The minimum Gasteiger partial charge on any atom is -0.379 e. The van der Waals surface area contributed by atoms with Gasteiger partial charge in [0.1, 0.15) is 5.69 Å². The number of hydrogen-bond donors (Lipinski definition) is 2. The molecule has 0 radical (unpaired) electrons. The highest BCUT2D eigenvalue weighted by atomic mass is 16.5. The molecule has 1 amide bonds. The molecule has 7 heteroatoms. The number of aromatic nitrogens is 4. The van der Waals surface area contributed by atoms with Gasteiger partial charge in [-0.15, -0.1) is 0 Å². The predicted molar refractivity (Wildman–Crippen MR) is 101 cm³/mol. The van der Waals surface area contributed by atoms with Crippen LogP contribution >= 0.6 is 0 Å². The SMILES string of the molecule is Cc1nc(-c2cc(-c3cncc(C(=O)N[C@@H]4CCOC4)c3)ccn2)[nH]c1C. The summed E-state index contributed by atoms with van der Waals surface area (Å²) >= 11 is 0. The van der Waals surface area contributed by atoms with Crippen LogP contribution in [0.5, 0.6) is 0 Å². The van der Waals surface area contributed by atoms with Crippen LogP contribution < -0.4 is 5.32 Å². The molecule has 1 atom stereocenters. The topological polar surface area (TPSA) is 92.8 Å². The smallest absolute Gasteiger partial charge is 0.253 e. The molecular formula is C20H21N5O2. The molecule has 0 aliphatic carbocycles. The second-order valence-corrected chi connectivity index (χ2v) is 6.72. The van der Waals surface area contributed by atoms with Crippen molar-refractivity contribution < 1.29 is 9.53 Å². The van der Waals surface area contributed by atoms with Gasteiger partial charge in [0.2, 0.25) is 0 Å². The van der Waals surface area contributed by atoms with Gasteiger partial charge in [-0.2, -0.15) is 0 Å². The molecule has 1 saturated heterocycles. The molecule has 4 rings (SSSR count). The van der Waals surface area contributed by atoms with Crippen LogP contribution in [0.15, 0.2) is 36.8 Å². The quantitative estimate of drug-likeness (QED) is 0.743. The molecule has 0 unspecified atom stereocenters. The van der Waals surface area contributed by atoms with E-state index in [2.05, 4.69) is 25.3 Å². The summed E-state index contributed by atoms with van der Waals surface area (Å²) in [6.07, 6.45) is 5.90. The summed E-state index contributed by atoms with van der Waals surface area (Å²) in [5, 5.41) is 2.99. The molecule has 1 fully saturated rings. The number of imidazole rings is 1. The first-order valence-electron chi connectivity index (χ1n) is 8.94. The van der Waals surface area contributed by atoms with Crippen molar-refractivity contribution in [2.45, 2.75) is 26.3 Å². The van der Waals surface area contributed by atoms with Gasteiger partial charge in [-0.25, -0.2) is 4.98 Å². The van der Waals surface area contributed by atoms with E-state index in [9.17, 15) is 4.79 Å². The molecule has 0 spiro atoms. The molecule has 138 valence electrons. The average Bonchev–Trinajstić information content (AvgIpc) is 3.32. The minimum atomic E-state index is -0.133. The third kappa shape index (κ3) is 3.73. The van der Waals surface area contributed by atoms with E-state index in [-0.39, 0.29) is 11.9 Å². The fraction of sp³-hybridized carbons (Fsp3) is 0.300. The van der Waals surface area contributed by atoms with Crippen LogP contribution in [0.3, 0.4) is 0 Å². The fourth-order valence-electron chi connectivity index (χ4n) is 3.05. The zero-order chi connectivity index (χ0) is 18.8. The summed E-state index contributed by atoms with van der Waals surface area (Å²) in [7, 11) is 0. The number of carbonyl (C=O) groups is 1. The van der Waals surface area contributed by atoms with Crippen LogP contribution in [0.2, 0.25) is 0 Å². The van der Waals surface area contributed by atoms with E-state index in [1.54, 1.807) is 18.6 Å². The minimum absolute atomic E-state index is 0.0686. The second kappa shape index (κ2) is 7.28. The Kier molecular flexibility index (Phi) is 4.68. The zero-order valence-electron chi connectivity index (χ0n) is 15.3. The highest BCUT2D eigenvalue weighted by Crippen LogP contribution is 2.24. The summed E-state index contributed by atoms with van der Waals surface area (Å²) in [4.78, 5) is 28.9. The predicted octanol–water partition coefficient (Wildman–Crippen LogP) is 2.67. The van der Waals surface area contributed by atoms with Crippen LogP contribution in [0, 0.1) is 13.8 Å². The van der Waals surface area contributed by atoms with Crippen molar-refractivity contribution in [1.82, 2.24) is 25.3 Å². The molecule has 0 saturated carbocycles. The third-order valence-corrected chi connectivity index (χ3v) is 4.73. The van der Waals surface area contributed by atoms with Crippen molar-refractivity contribution in [3.05, 3.63) is 53.7 Å². The standard InChI is InChI=1S/C20H21N5O2/c1-12-13(2)24-19(23-12)18-8-14(3-5-22-18)15-7-16(10-21-9-15)20(26)25-17-4-6-27-11-17/h3,5,7-10,17H,4,6,11H2,1-2H3,(H,23,24)(H,25,26)/t17-/m1/s1. The highest BCUT2D eigenvalue weighted by Gasteiger charge is 2.19. The van der Waals surface area contributed by atoms with Gasteiger partial charge in [-0.3, -0.25) is 14.8 Å². The molecule has 1 aliphatic heterocycles. The Morgan fingerprint density at radius 3 is 2.89 bits per heavy atom. The van der Waals surface area contributed by atoms with Crippen LogP contribution in [0.4, 0.5) is 0 Å². The number of nitrogens with one attached hydrogen (secondary N) is 2. The van der Waals surface area contributed by atoms with Crippen molar-refractivity contribution in [2.24, 2.45) is 0 Å². The number of nitrogens with zero attached hydrogens (tertiary/aromatic N) is 3. The lowest BCUT2D eigenvalue weighted by atomic mass is 10.1. The van der Waals surface area contributed by atoms with Gasteiger partial charge >= 0.3 is 0 Å². The number of aromatic amines is 1. The van der Waals surface area contributed by atoms with Crippen molar-refractivity contribution in [2.75, 3.05) is 13.2 Å². The molecule has 0 bridgehead atoms. The van der Waals surface area contributed by atoms with E-state index < -0.39 is 0 Å². The maximum atomic E-state index is 12.5. The molecule has 1 aliphatic rings. The molecule has 7 nitrogen and oxygen atoms in total. The Bertz CT molecular complexity index is 957. The summed E-state index contributed by atoms with van der Waals surface area (Å²) in [6.45, 7) is 5.20. The van der Waals surface area contributed by atoms with Gasteiger partial charge in [-0.05, 0) is 44.0 Å². The van der Waals surface area contributed by atoms with Crippen LogP contribution in [0.25, 0.3) is 22.6 Å². The second-order valence-electron chi connectivity index (χ2n) is 6.72. The van der Waals surface area contributed by atoms with Crippen molar-refractivity contribution >= 4 is 5.91 Å². The van der Waals surface area contributed by atoms with Gasteiger partial charge in [-0.1, -0.05) is 0 Å².